The Hall–Kier alpha value is -2.53. The molecular formula is C26H33ClN2O3. The molecule has 172 valence electrons. The van der Waals surface area contributed by atoms with Gasteiger partial charge in [0.05, 0.1) is 0 Å². The summed E-state index contributed by atoms with van der Waals surface area (Å²) < 4.78 is 5.78. The maximum Gasteiger partial charge on any atom is 0.261 e. The summed E-state index contributed by atoms with van der Waals surface area (Å²) >= 11 is 6.01. The molecule has 0 unspecified atom stereocenters. The molecule has 1 aliphatic carbocycles. The number of carbonyl (C=O) groups excluding carboxylic acids is 2. The van der Waals surface area contributed by atoms with Crippen molar-refractivity contribution >= 4 is 23.4 Å². The summed E-state index contributed by atoms with van der Waals surface area (Å²) in [5.74, 6) is 0.294. The van der Waals surface area contributed by atoms with Crippen LogP contribution >= 0.6 is 11.6 Å². The van der Waals surface area contributed by atoms with Gasteiger partial charge in [-0.2, -0.15) is 0 Å². The van der Waals surface area contributed by atoms with Crippen LogP contribution in [0.25, 0.3) is 0 Å². The third kappa shape index (κ3) is 6.73. The summed E-state index contributed by atoms with van der Waals surface area (Å²) in [7, 11) is 0. The minimum Gasteiger partial charge on any atom is -0.484 e. The molecule has 0 heterocycles. The van der Waals surface area contributed by atoms with Crippen LogP contribution in [-0.4, -0.2) is 35.4 Å². The van der Waals surface area contributed by atoms with Crippen molar-refractivity contribution in [2.24, 2.45) is 0 Å². The summed E-state index contributed by atoms with van der Waals surface area (Å²) in [6.07, 6.45) is 5.49. The van der Waals surface area contributed by atoms with Crippen LogP contribution < -0.4 is 10.1 Å². The van der Waals surface area contributed by atoms with Crippen molar-refractivity contribution in [3.05, 3.63) is 64.2 Å². The standard InChI is InChI=1S/C26H33ClN2O3/c1-18-9-14-24(15-19(18)2)32-17-25(30)29(16-21-10-12-22(27)13-11-21)20(3)26(31)28-23-7-5-4-6-8-23/h9-15,20,23H,4-8,16-17H2,1-3H3,(H,28,31)/t20-/m0/s1. The van der Waals surface area contributed by atoms with E-state index in [1.807, 2.05) is 44.2 Å². The zero-order chi connectivity index (χ0) is 23.1. The highest BCUT2D eigenvalue weighted by molar-refractivity contribution is 6.30. The van der Waals surface area contributed by atoms with E-state index in [-0.39, 0.29) is 24.5 Å². The normalized spacial score (nSPS) is 15.1. The van der Waals surface area contributed by atoms with Gasteiger partial charge in [-0.1, -0.05) is 49.1 Å². The quantitative estimate of drug-likeness (QED) is 0.593. The molecule has 0 aliphatic heterocycles. The Labute approximate surface area is 196 Å². The first-order valence-electron chi connectivity index (χ1n) is 11.4. The van der Waals surface area contributed by atoms with Gasteiger partial charge in [0.2, 0.25) is 5.91 Å². The molecule has 1 atom stereocenters. The van der Waals surface area contributed by atoms with Gasteiger partial charge in [-0.05, 0) is 74.6 Å². The molecule has 6 heteroatoms. The molecule has 1 saturated carbocycles. The number of nitrogens with zero attached hydrogens (tertiary/aromatic N) is 1. The van der Waals surface area contributed by atoms with Crippen LogP contribution in [0.5, 0.6) is 5.75 Å². The van der Waals surface area contributed by atoms with E-state index < -0.39 is 6.04 Å². The topological polar surface area (TPSA) is 58.6 Å². The van der Waals surface area contributed by atoms with Crippen LogP contribution in [-0.2, 0) is 16.1 Å². The molecule has 2 aromatic rings. The molecule has 2 amide bonds. The molecule has 1 fully saturated rings. The summed E-state index contributed by atoms with van der Waals surface area (Å²) in [5.41, 5.74) is 3.18. The molecule has 0 saturated heterocycles. The predicted molar refractivity (Wildman–Crippen MR) is 128 cm³/mol. The van der Waals surface area contributed by atoms with Gasteiger partial charge >= 0.3 is 0 Å². The Morgan fingerprint density at radius 1 is 1.06 bits per heavy atom. The third-order valence-corrected chi connectivity index (χ3v) is 6.48. The van der Waals surface area contributed by atoms with Crippen molar-refractivity contribution in [2.45, 2.75) is 71.5 Å². The van der Waals surface area contributed by atoms with Crippen LogP contribution in [0, 0.1) is 13.8 Å². The number of hydrogen-bond donors (Lipinski definition) is 1. The minimum atomic E-state index is -0.608. The lowest BCUT2D eigenvalue weighted by atomic mass is 9.95. The number of hydrogen-bond acceptors (Lipinski definition) is 3. The van der Waals surface area contributed by atoms with E-state index in [4.69, 9.17) is 16.3 Å². The summed E-state index contributed by atoms with van der Waals surface area (Å²) in [5, 5.41) is 3.77. The third-order valence-electron chi connectivity index (χ3n) is 6.23. The van der Waals surface area contributed by atoms with E-state index in [1.165, 1.54) is 12.0 Å². The highest BCUT2D eigenvalue weighted by atomic mass is 35.5. The van der Waals surface area contributed by atoms with E-state index in [1.54, 1.807) is 24.0 Å². The van der Waals surface area contributed by atoms with Crippen molar-refractivity contribution in [3.63, 3.8) is 0 Å². The van der Waals surface area contributed by atoms with Gasteiger partial charge in [-0.25, -0.2) is 0 Å². The Balaban J connectivity index is 1.70. The summed E-state index contributed by atoms with van der Waals surface area (Å²) in [6, 6.07) is 12.7. The van der Waals surface area contributed by atoms with Gasteiger partial charge in [0.15, 0.2) is 6.61 Å². The highest BCUT2D eigenvalue weighted by Crippen LogP contribution is 2.20. The number of carbonyl (C=O) groups is 2. The lowest BCUT2D eigenvalue weighted by molar-refractivity contribution is -0.142. The number of rotatable bonds is 8. The predicted octanol–water partition coefficient (Wildman–Crippen LogP) is 5.20. The molecule has 0 radical (unpaired) electrons. The summed E-state index contributed by atoms with van der Waals surface area (Å²) in [6.45, 7) is 6.00. The van der Waals surface area contributed by atoms with Crippen molar-refractivity contribution in [1.82, 2.24) is 10.2 Å². The molecule has 1 N–H and O–H groups in total. The Kier molecular flexibility index (Phi) is 8.57. The van der Waals surface area contributed by atoms with Gasteiger partial charge in [-0.3, -0.25) is 9.59 Å². The van der Waals surface area contributed by atoms with Gasteiger partial charge in [0, 0.05) is 17.6 Å². The maximum absolute atomic E-state index is 13.2. The zero-order valence-electron chi connectivity index (χ0n) is 19.2. The van der Waals surface area contributed by atoms with Crippen LogP contribution in [0.2, 0.25) is 5.02 Å². The van der Waals surface area contributed by atoms with E-state index in [0.717, 1.165) is 36.8 Å². The molecule has 2 aromatic carbocycles. The number of ether oxygens (including phenoxy) is 1. The van der Waals surface area contributed by atoms with Crippen LogP contribution in [0.15, 0.2) is 42.5 Å². The Morgan fingerprint density at radius 3 is 2.41 bits per heavy atom. The van der Waals surface area contributed by atoms with Gasteiger partial charge in [-0.15, -0.1) is 0 Å². The van der Waals surface area contributed by atoms with E-state index in [9.17, 15) is 9.59 Å². The van der Waals surface area contributed by atoms with Gasteiger partial charge in [0.25, 0.3) is 5.91 Å². The number of nitrogens with one attached hydrogen (secondary N) is 1. The summed E-state index contributed by atoms with van der Waals surface area (Å²) in [4.78, 5) is 27.7. The second-order valence-electron chi connectivity index (χ2n) is 8.70. The van der Waals surface area contributed by atoms with Crippen molar-refractivity contribution in [3.8, 4) is 5.75 Å². The zero-order valence-corrected chi connectivity index (χ0v) is 20.0. The molecule has 32 heavy (non-hydrogen) atoms. The maximum atomic E-state index is 13.2. The largest absolute Gasteiger partial charge is 0.484 e. The molecule has 1 aliphatic rings. The first kappa shape index (κ1) is 24.1. The molecular weight excluding hydrogens is 424 g/mol. The van der Waals surface area contributed by atoms with Crippen molar-refractivity contribution in [1.29, 1.82) is 0 Å². The van der Waals surface area contributed by atoms with Crippen molar-refractivity contribution in [2.75, 3.05) is 6.61 Å². The fourth-order valence-electron chi connectivity index (χ4n) is 3.97. The van der Waals surface area contributed by atoms with E-state index in [2.05, 4.69) is 5.32 Å². The number of amides is 2. The lowest BCUT2D eigenvalue weighted by Gasteiger charge is -2.31. The second-order valence-corrected chi connectivity index (χ2v) is 9.14. The van der Waals surface area contributed by atoms with E-state index >= 15 is 0 Å². The lowest BCUT2D eigenvalue weighted by Crippen LogP contribution is -2.51. The number of halogens is 1. The Bertz CT molecular complexity index is 923. The van der Waals surface area contributed by atoms with Gasteiger partial charge in [0.1, 0.15) is 11.8 Å². The second kappa shape index (κ2) is 11.4. The molecule has 0 spiro atoms. The number of benzene rings is 2. The molecule has 3 rings (SSSR count). The average Bonchev–Trinajstić information content (AvgIpc) is 2.79. The SMILES string of the molecule is Cc1ccc(OCC(=O)N(Cc2ccc(Cl)cc2)[C@@H](C)C(=O)NC2CCCCC2)cc1C. The molecule has 5 nitrogen and oxygen atoms in total. The van der Waals surface area contributed by atoms with Gasteiger partial charge < -0.3 is 15.0 Å². The smallest absolute Gasteiger partial charge is 0.261 e. The van der Waals surface area contributed by atoms with Crippen LogP contribution in [0.1, 0.15) is 55.7 Å². The fraction of sp³-hybridized carbons (Fsp3) is 0.462. The highest BCUT2D eigenvalue weighted by Gasteiger charge is 2.28. The van der Waals surface area contributed by atoms with E-state index in [0.29, 0.717) is 17.3 Å². The van der Waals surface area contributed by atoms with Crippen LogP contribution in [0.4, 0.5) is 0 Å². The average molecular weight is 457 g/mol. The Morgan fingerprint density at radius 2 is 1.75 bits per heavy atom. The molecule has 0 aromatic heterocycles. The first-order valence-corrected chi connectivity index (χ1v) is 11.8. The minimum absolute atomic E-state index is 0.120. The molecule has 0 bridgehead atoms. The monoisotopic (exact) mass is 456 g/mol. The first-order chi connectivity index (χ1) is 15.3. The number of aryl methyl sites for hydroxylation is 2. The fourth-order valence-corrected chi connectivity index (χ4v) is 4.10. The van der Waals surface area contributed by atoms with Crippen molar-refractivity contribution < 1.29 is 14.3 Å². The van der Waals surface area contributed by atoms with Crippen LogP contribution in [0.3, 0.4) is 0 Å².